The maximum absolute atomic E-state index is 14.5. The number of nitrogens with zero attached hydrogens (tertiary/aromatic N) is 10. The maximum atomic E-state index is 14.5. The predicted molar refractivity (Wildman–Crippen MR) is 584 cm³/mol. The zero-order chi connectivity index (χ0) is 109. The van der Waals surface area contributed by atoms with Crippen LogP contribution in [-0.2, 0) is 75.1 Å². The summed E-state index contributed by atoms with van der Waals surface area (Å²) in [7, 11) is -6.33. The molecular weight excluding hydrogens is 2170 g/mol. The van der Waals surface area contributed by atoms with Gasteiger partial charge in [0.2, 0.25) is 22.1 Å². The molecule has 6 aliphatic rings. The van der Waals surface area contributed by atoms with Gasteiger partial charge >= 0.3 is 83.0 Å². The molecule has 0 aromatic heterocycles. The minimum atomic E-state index is -3.25. The van der Waals surface area contributed by atoms with Gasteiger partial charge in [0.1, 0.15) is 22.4 Å². The monoisotopic (exact) mass is 2340 g/mol. The summed E-state index contributed by atoms with van der Waals surface area (Å²) >= 11 is 5.20. The first-order valence-corrected chi connectivity index (χ1v) is 58.6. The van der Waals surface area contributed by atoms with Gasteiger partial charge in [-0.1, -0.05) is 99.1 Å². The summed E-state index contributed by atoms with van der Waals surface area (Å²) in [6.07, 6.45) is 5.18. The largest absolute Gasteiger partial charge is 1.00 e. The van der Waals surface area contributed by atoms with Gasteiger partial charge in [-0.15, -0.1) is 0 Å². The SMILES string of the molecule is C1CNCCNCCNCCN1.CC.CC(C)(C)OC(=O)CI.CCOP(=O)(CBr)CCCCN1C(=O)c2ccccc2C1=O.CCOP(=O)(CCCCN1C(=O)c2ccccc2C1=O)CN1CCN(CC(=O)OC(C)(C)C)CCN(CC(=O)OC(C)(C)C)CCN(CC(=O)OC(C)(C)C)CC1.CCOP(=O)(CCCCN1C(=O)c2ccccc2C1=O)CN1CCNCCNCCNCC1.CN=O.CN=O.O=[C-]OO.[CH3-].[Na+].[Na+]. The molecule has 3 aromatic carbocycles. The number of unbranched alkanes of at least 4 members (excludes halogenated alkanes) is 3. The number of amides is 6. The van der Waals surface area contributed by atoms with Gasteiger partial charge in [-0.3, -0.25) is 101 Å². The van der Waals surface area contributed by atoms with E-state index < -0.39 is 38.9 Å². The van der Waals surface area contributed by atoms with E-state index in [1.807, 2.05) is 148 Å². The van der Waals surface area contributed by atoms with Crippen molar-refractivity contribution >= 4 is 126 Å². The predicted octanol–water partition coefficient (Wildman–Crippen LogP) is 5.65. The van der Waals surface area contributed by atoms with Gasteiger partial charge < -0.3 is 86.8 Å². The number of ether oxygens (including phenoxy) is 4. The molecule has 6 amide bonds. The van der Waals surface area contributed by atoms with Crippen molar-refractivity contribution in [3.63, 3.8) is 0 Å². The van der Waals surface area contributed by atoms with Crippen LogP contribution in [-0.4, -0.2) is 403 Å². The molecule has 49 heteroatoms. The second kappa shape index (κ2) is 82.4. The van der Waals surface area contributed by atoms with E-state index in [0.29, 0.717) is 179 Å². The molecule has 0 aliphatic carbocycles. The molecule has 0 radical (unpaired) electrons. The van der Waals surface area contributed by atoms with E-state index in [1.54, 1.807) is 79.7 Å². The molecule has 3 fully saturated rings. The number of hydrogen-bond acceptors (Lipinski definition) is 39. The fourth-order valence-corrected chi connectivity index (χ4v) is 22.6. The third-order valence-corrected chi connectivity index (χ3v) is 31.1. The van der Waals surface area contributed by atoms with Gasteiger partial charge in [0.05, 0.1) is 109 Å². The number of carbonyl (C=O) groups is 10. The number of fused-ring (bicyclic) bond motifs is 3. The molecule has 9 rings (SSSR count). The van der Waals surface area contributed by atoms with Gasteiger partial charge in [-0.05, 0) is 185 Å². The van der Waals surface area contributed by atoms with Crippen LogP contribution in [0.25, 0.3) is 0 Å². The molecule has 148 heavy (non-hydrogen) atoms. The molecule has 6 heterocycles. The van der Waals surface area contributed by atoms with Crippen LogP contribution < -0.4 is 96.3 Å². The molecule has 0 bridgehead atoms. The average Bonchev–Trinajstić information content (AvgIpc) is 1.65. The Kier molecular flexibility index (Phi) is 81.8. The van der Waals surface area contributed by atoms with E-state index in [-0.39, 0.29) is 177 Å². The first-order valence-electron chi connectivity index (χ1n) is 49.9. The molecular formula is C99H172BrIN17Na2O25P3. The maximum Gasteiger partial charge on any atom is 1.00 e. The van der Waals surface area contributed by atoms with Gasteiger partial charge in [-0.2, -0.15) is 9.81 Å². The molecule has 834 valence electrons. The van der Waals surface area contributed by atoms with Crippen molar-refractivity contribution in [2.45, 2.75) is 179 Å². The molecule has 42 nitrogen and oxygen atoms in total. The first-order chi connectivity index (χ1) is 68.7. The summed E-state index contributed by atoms with van der Waals surface area (Å²) in [5, 5.41) is 35.4. The fourth-order valence-electron chi connectivity index (χ4n) is 14.9. The van der Waals surface area contributed by atoms with Crippen LogP contribution in [0.1, 0.15) is 218 Å². The van der Waals surface area contributed by atoms with Gasteiger partial charge in [0.15, 0.2) is 0 Å². The number of halogens is 2. The van der Waals surface area contributed by atoms with Crippen molar-refractivity contribution in [1.29, 1.82) is 0 Å². The molecule has 3 unspecified atom stereocenters. The summed E-state index contributed by atoms with van der Waals surface area (Å²) in [6, 6.07) is 20.5. The quantitative estimate of drug-likeness (QED) is 0.00291. The van der Waals surface area contributed by atoms with Crippen molar-refractivity contribution in [2.24, 2.45) is 10.4 Å². The molecule has 8 N–H and O–H groups in total. The number of hydrogen-bond donors (Lipinski definition) is 8. The average molecular weight is 2350 g/mol. The summed E-state index contributed by atoms with van der Waals surface area (Å²) in [4.78, 5) is 167. The number of nitroso groups, excluding NO2 is 2. The normalized spacial score (nSPS) is 17.3. The Morgan fingerprint density at radius 2 is 0.574 bits per heavy atom. The summed E-state index contributed by atoms with van der Waals surface area (Å²) in [5.41, 5.74) is 0.344. The summed E-state index contributed by atoms with van der Waals surface area (Å²) in [6.45, 7) is 53.3. The third-order valence-electron chi connectivity index (χ3n) is 21.0. The molecule has 3 aromatic rings. The number of rotatable bonds is 34. The van der Waals surface area contributed by atoms with Crippen LogP contribution >= 0.6 is 60.6 Å². The van der Waals surface area contributed by atoms with E-state index in [0.717, 1.165) is 111 Å². The molecule has 6 aliphatic heterocycles. The van der Waals surface area contributed by atoms with Crippen LogP contribution in [0.2, 0.25) is 0 Å². The second-order valence-corrected chi connectivity index (χ2v) is 47.7. The number of imide groups is 3. The van der Waals surface area contributed by atoms with E-state index in [9.17, 15) is 61.6 Å². The smallest absolute Gasteiger partial charge is 0.509 e. The van der Waals surface area contributed by atoms with Crippen LogP contribution in [0, 0.1) is 17.2 Å². The van der Waals surface area contributed by atoms with Gasteiger partial charge in [0.25, 0.3) is 35.4 Å². The number of esters is 4. The molecule has 3 saturated heterocycles. The Labute approximate surface area is 946 Å². The van der Waals surface area contributed by atoms with Crippen molar-refractivity contribution in [3.05, 3.63) is 123 Å². The number of alkyl halides is 2. The Bertz CT molecular complexity index is 4280. The standard InChI is InChI=1S/C41H68N5O10P.C23H38N5O4P.C15H19BrNO4P.C8H20N4.C6H11IO2.C2H6.2CH3NO.CHO3.CH3.2Na/c1-11-53-57(52,27-15-14-18-46-37(50)32-16-12-13-17-33(32)38(46)51)31-45-25-23-43(29-35(48)55-40(5,6)7)21-19-42(28-34(47)54-39(2,3)4)20-22-44(24-26-45)30-36(49)56-41(8,9)10;1-2-32-33(31,19-27-16-13-25-11-9-24-10-12-26-14-17-27)18-6-5-15-28-22(29)20-7-3-4-8-21(20)23(28)30;1-2-21-22(20,11-16)10-6-5-9-17-14(18)12-7-3-4-8-13(12)15(17)19;1-2-10-5-6-12-8-7-11-4-3-9-1;1-6(2,3)9-5(8)4-7;1-2;2*1-2-3;2-1-4-3;;;/h12-13,16-17H,11,14-15,18-31H2,1-10H3;3-4,7-8,24-26H,2,5-6,9-19H2,1H3;3-4,7-8H,2,5-6,9-11H2,1H3;9-12H,1-8H2;4H2,1-3H3;1-2H3;2*1H3;3H;1H3;;/q;;;;;;;;2*-1;2*+1. The van der Waals surface area contributed by atoms with Crippen LogP contribution in [0.4, 0.5) is 0 Å². The summed E-state index contributed by atoms with van der Waals surface area (Å²) in [5.74, 6) is -2.86. The van der Waals surface area contributed by atoms with Gasteiger partial charge in [-0.25, -0.2) is 5.26 Å². The van der Waals surface area contributed by atoms with E-state index >= 15 is 0 Å². The zero-order valence-electron chi connectivity index (χ0n) is 92.3. The Hall–Kier alpha value is -5.11. The third kappa shape index (κ3) is 65.0. The van der Waals surface area contributed by atoms with E-state index in [1.165, 1.54) is 28.8 Å². The fraction of sp³-hybridized carbons (Fsp3) is 0.697. The minimum Gasteiger partial charge on any atom is -0.509 e. The zero-order valence-corrected chi connectivity index (χ0v) is 103. The van der Waals surface area contributed by atoms with Crippen molar-refractivity contribution < 1.29 is 168 Å². The van der Waals surface area contributed by atoms with Gasteiger partial charge in [0, 0.05) is 195 Å². The Balaban J connectivity index is -0.00000194. The van der Waals surface area contributed by atoms with Crippen molar-refractivity contribution in [2.75, 3.05) is 271 Å². The Morgan fingerprint density at radius 3 is 0.770 bits per heavy atom. The molecule has 0 saturated carbocycles. The van der Waals surface area contributed by atoms with Crippen molar-refractivity contribution in [3.8, 4) is 0 Å². The van der Waals surface area contributed by atoms with Crippen LogP contribution in [0.15, 0.2) is 83.2 Å². The second-order valence-electron chi connectivity index (χ2n) is 37.6. The van der Waals surface area contributed by atoms with Crippen LogP contribution in [0.5, 0.6) is 0 Å². The first kappa shape index (κ1) is 147. The Morgan fingerprint density at radius 1 is 0.378 bits per heavy atom. The minimum absolute atomic E-state index is 0. The van der Waals surface area contributed by atoms with Crippen LogP contribution in [0.3, 0.4) is 0 Å². The molecule has 0 spiro atoms. The van der Waals surface area contributed by atoms with Crippen molar-refractivity contribution in [1.82, 2.24) is 76.4 Å². The van der Waals surface area contributed by atoms with E-state index in [4.69, 9.17) is 52.4 Å². The molecule has 3 atom stereocenters. The van der Waals surface area contributed by atoms with E-state index in [2.05, 4.69) is 78.2 Å². The summed E-state index contributed by atoms with van der Waals surface area (Å²) < 4.78 is 79.8. The number of nitrogens with one attached hydrogen (secondary N) is 7. The number of carbonyl (C=O) groups excluding carboxylic acids is 11. The number of benzene rings is 3. The topological polar surface area (TPSA) is 502 Å².